The second kappa shape index (κ2) is 9.24. The molecule has 0 aliphatic heterocycles. The summed E-state index contributed by atoms with van der Waals surface area (Å²) in [6, 6.07) is 45.7. The van der Waals surface area contributed by atoms with Crippen LogP contribution in [0.25, 0.3) is 75.8 Å². The van der Waals surface area contributed by atoms with Crippen molar-refractivity contribution < 1.29 is 0 Å². The van der Waals surface area contributed by atoms with Gasteiger partial charge in [-0.1, -0.05) is 91.0 Å². The van der Waals surface area contributed by atoms with Crippen LogP contribution < -0.4 is 0 Å². The predicted octanol–water partition coefficient (Wildman–Crippen LogP) is 10.6. The summed E-state index contributed by atoms with van der Waals surface area (Å²) >= 11 is 0. The summed E-state index contributed by atoms with van der Waals surface area (Å²) in [6.45, 7) is 15.2. The molecule has 0 amide bonds. The molecular formula is C38H22N4. The van der Waals surface area contributed by atoms with Gasteiger partial charge in [-0.25, -0.2) is 9.69 Å². The van der Waals surface area contributed by atoms with Crippen molar-refractivity contribution in [1.82, 2.24) is 9.13 Å². The zero-order valence-corrected chi connectivity index (χ0v) is 22.5. The lowest BCUT2D eigenvalue weighted by molar-refractivity contribution is 1.18. The Kier molecular flexibility index (Phi) is 5.22. The van der Waals surface area contributed by atoms with Crippen LogP contribution in [0.15, 0.2) is 133 Å². The predicted molar refractivity (Wildman–Crippen MR) is 173 cm³/mol. The quantitative estimate of drug-likeness (QED) is 0.201. The van der Waals surface area contributed by atoms with Gasteiger partial charge in [0, 0.05) is 32.8 Å². The molecule has 0 aliphatic rings. The highest BCUT2D eigenvalue weighted by atomic mass is 15.0. The summed E-state index contributed by atoms with van der Waals surface area (Å²) in [5.74, 6) is 0. The Morgan fingerprint density at radius 3 is 1.88 bits per heavy atom. The zero-order valence-electron chi connectivity index (χ0n) is 22.5. The van der Waals surface area contributed by atoms with Gasteiger partial charge in [0.05, 0.1) is 40.9 Å². The smallest absolute Gasteiger partial charge is 0.210 e. The van der Waals surface area contributed by atoms with E-state index in [9.17, 15) is 0 Å². The van der Waals surface area contributed by atoms with Crippen molar-refractivity contribution >= 4 is 55.0 Å². The monoisotopic (exact) mass is 534 g/mol. The summed E-state index contributed by atoms with van der Waals surface area (Å²) in [6.07, 6.45) is 0. The summed E-state index contributed by atoms with van der Waals surface area (Å²) in [5, 5.41) is 4.67. The molecule has 0 radical (unpaired) electrons. The average molecular weight is 535 g/mol. The highest BCUT2D eigenvalue weighted by molar-refractivity contribution is 6.15. The number of benzene rings is 6. The molecule has 2 heterocycles. The van der Waals surface area contributed by atoms with Gasteiger partial charge in [0.1, 0.15) is 0 Å². The van der Waals surface area contributed by atoms with E-state index in [0.29, 0.717) is 11.4 Å². The number of hydrogen-bond donors (Lipinski definition) is 0. The second-order valence-electron chi connectivity index (χ2n) is 10.4. The lowest BCUT2D eigenvalue weighted by Crippen LogP contribution is -1.95. The first-order chi connectivity index (χ1) is 20.8. The van der Waals surface area contributed by atoms with Crippen molar-refractivity contribution in [3.63, 3.8) is 0 Å². The van der Waals surface area contributed by atoms with Crippen molar-refractivity contribution in [2.24, 2.45) is 0 Å². The molecule has 0 spiro atoms. The van der Waals surface area contributed by atoms with E-state index in [1.54, 1.807) is 0 Å². The van der Waals surface area contributed by atoms with Gasteiger partial charge < -0.3 is 9.13 Å². The van der Waals surface area contributed by atoms with E-state index in [4.69, 9.17) is 13.1 Å². The molecule has 0 saturated heterocycles. The minimum atomic E-state index is 0.626. The van der Waals surface area contributed by atoms with E-state index in [1.165, 1.54) is 10.8 Å². The normalized spacial score (nSPS) is 11.3. The van der Waals surface area contributed by atoms with Crippen LogP contribution in [0.2, 0.25) is 0 Å². The standard InChI is InChI=1S/C38H22N4/c1-39-26-19-21-27(22-20-26)41-34-15-6-3-10-29(34)31-13-9-12-28(38(31)41)25-18-23-36-32(24-25)30-11-4-7-16-35(30)42(36)37-17-8-5-14-33(37)40-2/h3-24H. The van der Waals surface area contributed by atoms with Gasteiger partial charge in [0.15, 0.2) is 5.69 Å². The SMILES string of the molecule is [C-]#[N+]c1ccc(-n2c3ccccc3c3cccc(-c4ccc5c(c4)c4ccccc4n5-c4ccccc4[N+]#[C-])c32)cc1. The van der Waals surface area contributed by atoms with Crippen LogP contribution in [0.1, 0.15) is 0 Å². The summed E-state index contributed by atoms with van der Waals surface area (Å²) in [4.78, 5) is 7.41. The van der Waals surface area contributed by atoms with Crippen LogP contribution in [0.3, 0.4) is 0 Å². The maximum absolute atomic E-state index is 7.78. The Morgan fingerprint density at radius 2 is 1.12 bits per heavy atom. The van der Waals surface area contributed by atoms with E-state index in [1.807, 2.05) is 48.5 Å². The molecule has 6 aromatic carbocycles. The maximum atomic E-state index is 7.78. The van der Waals surface area contributed by atoms with Gasteiger partial charge in [0.2, 0.25) is 5.69 Å². The molecule has 0 saturated carbocycles. The van der Waals surface area contributed by atoms with Crippen LogP contribution in [0.4, 0.5) is 11.4 Å². The Hall–Kier alpha value is -6.10. The van der Waals surface area contributed by atoms with Gasteiger partial charge in [-0.3, -0.25) is 0 Å². The summed E-state index contributed by atoms with van der Waals surface area (Å²) in [5.41, 5.74) is 9.83. The third kappa shape index (κ3) is 3.40. The van der Waals surface area contributed by atoms with Gasteiger partial charge >= 0.3 is 0 Å². The number of hydrogen-bond acceptors (Lipinski definition) is 0. The Labute approximate surface area is 242 Å². The largest absolute Gasteiger partial charge is 0.319 e. The molecule has 4 nitrogen and oxygen atoms in total. The lowest BCUT2D eigenvalue weighted by Gasteiger charge is -2.13. The number of fused-ring (bicyclic) bond motifs is 6. The Bertz CT molecular complexity index is 2430. The van der Waals surface area contributed by atoms with Crippen LogP contribution in [-0.4, -0.2) is 9.13 Å². The number of rotatable bonds is 3. The number of para-hydroxylation sites is 5. The Morgan fingerprint density at radius 1 is 0.476 bits per heavy atom. The van der Waals surface area contributed by atoms with E-state index in [2.05, 4.69) is 104 Å². The fourth-order valence-electron chi connectivity index (χ4n) is 6.34. The van der Waals surface area contributed by atoms with Gasteiger partial charge in [-0.2, -0.15) is 0 Å². The van der Waals surface area contributed by atoms with Gasteiger partial charge in [0.25, 0.3) is 0 Å². The van der Waals surface area contributed by atoms with Crippen molar-refractivity contribution in [2.75, 3.05) is 0 Å². The fraction of sp³-hybridized carbons (Fsp3) is 0. The van der Waals surface area contributed by atoms with Crippen LogP contribution in [0.5, 0.6) is 0 Å². The molecule has 0 aliphatic carbocycles. The van der Waals surface area contributed by atoms with Gasteiger partial charge in [-0.15, -0.1) is 0 Å². The van der Waals surface area contributed by atoms with Gasteiger partial charge in [-0.05, 0) is 48.0 Å². The van der Waals surface area contributed by atoms with Crippen LogP contribution >= 0.6 is 0 Å². The third-order valence-corrected chi connectivity index (χ3v) is 8.16. The molecule has 0 N–H and O–H groups in total. The molecule has 4 heteroatoms. The highest BCUT2D eigenvalue weighted by Gasteiger charge is 2.19. The Balaban J connectivity index is 1.44. The molecule has 0 fully saturated rings. The van der Waals surface area contributed by atoms with E-state index in [-0.39, 0.29) is 0 Å². The van der Waals surface area contributed by atoms with E-state index in [0.717, 1.165) is 55.3 Å². The first-order valence-corrected chi connectivity index (χ1v) is 13.8. The average Bonchev–Trinajstić information content (AvgIpc) is 3.57. The molecule has 0 bridgehead atoms. The van der Waals surface area contributed by atoms with Crippen molar-refractivity contribution in [3.05, 3.63) is 156 Å². The minimum Gasteiger partial charge on any atom is -0.319 e. The molecule has 42 heavy (non-hydrogen) atoms. The van der Waals surface area contributed by atoms with Crippen LogP contribution in [0, 0.1) is 13.1 Å². The van der Waals surface area contributed by atoms with Crippen molar-refractivity contribution in [2.45, 2.75) is 0 Å². The zero-order chi connectivity index (χ0) is 28.2. The number of aromatic nitrogens is 2. The molecule has 194 valence electrons. The van der Waals surface area contributed by atoms with Crippen LogP contribution in [-0.2, 0) is 0 Å². The molecule has 0 unspecified atom stereocenters. The third-order valence-electron chi connectivity index (χ3n) is 8.16. The van der Waals surface area contributed by atoms with E-state index < -0.39 is 0 Å². The highest BCUT2D eigenvalue weighted by Crippen LogP contribution is 2.41. The first-order valence-electron chi connectivity index (χ1n) is 13.8. The maximum Gasteiger partial charge on any atom is 0.210 e. The molecular weight excluding hydrogens is 512 g/mol. The minimum absolute atomic E-state index is 0.626. The number of nitrogens with zero attached hydrogens (tertiary/aromatic N) is 4. The van der Waals surface area contributed by atoms with Crippen molar-refractivity contribution in [3.8, 4) is 22.5 Å². The van der Waals surface area contributed by atoms with E-state index >= 15 is 0 Å². The molecule has 2 aromatic heterocycles. The summed E-state index contributed by atoms with van der Waals surface area (Å²) < 4.78 is 4.52. The van der Waals surface area contributed by atoms with Crippen molar-refractivity contribution in [1.29, 1.82) is 0 Å². The lowest BCUT2D eigenvalue weighted by atomic mass is 10.00. The molecule has 8 rings (SSSR count). The fourth-order valence-corrected chi connectivity index (χ4v) is 6.34. The molecule has 0 atom stereocenters. The second-order valence-corrected chi connectivity index (χ2v) is 10.4. The first kappa shape index (κ1) is 23.8. The molecule has 8 aromatic rings. The topological polar surface area (TPSA) is 18.6 Å². The summed E-state index contributed by atoms with van der Waals surface area (Å²) in [7, 11) is 0.